The van der Waals surface area contributed by atoms with Gasteiger partial charge in [0.2, 0.25) is 5.91 Å². The van der Waals surface area contributed by atoms with E-state index in [4.69, 9.17) is 9.15 Å². The molecule has 9 nitrogen and oxygen atoms in total. The Morgan fingerprint density at radius 2 is 2.17 bits per heavy atom. The zero-order valence-corrected chi connectivity index (χ0v) is 13.1. The van der Waals surface area contributed by atoms with Gasteiger partial charge in [-0.3, -0.25) is 4.79 Å². The van der Waals surface area contributed by atoms with Crippen LogP contribution in [0.3, 0.4) is 0 Å². The molecule has 9 heteroatoms. The van der Waals surface area contributed by atoms with Crippen LogP contribution in [0, 0.1) is 5.92 Å². The van der Waals surface area contributed by atoms with Crippen LogP contribution in [0.15, 0.2) is 22.8 Å². The van der Waals surface area contributed by atoms with Crippen molar-refractivity contribution in [3.05, 3.63) is 24.2 Å². The first-order valence-electron chi connectivity index (χ1n) is 7.70. The smallest absolute Gasteiger partial charge is 0.326 e. The van der Waals surface area contributed by atoms with Gasteiger partial charge in [-0.25, -0.2) is 9.59 Å². The van der Waals surface area contributed by atoms with Gasteiger partial charge in [0.05, 0.1) is 26.0 Å². The number of urea groups is 1. The van der Waals surface area contributed by atoms with E-state index in [0.29, 0.717) is 25.4 Å². The number of carboxylic acids is 1. The summed E-state index contributed by atoms with van der Waals surface area (Å²) in [7, 11) is 0. The average Bonchev–Trinajstić information content (AvgIpc) is 3.10. The maximum Gasteiger partial charge on any atom is 0.326 e. The fourth-order valence-electron chi connectivity index (χ4n) is 2.44. The molecule has 2 heterocycles. The Labute approximate surface area is 138 Å². The van der Waals surface area contributed by atoms with E-state index in [1.807, 2.05) is 0 Å². The lowest BCUT2D eigenvalue weighted by molar-refractivity contribution is -0.145. The summed E-state index contributed by atoms with van der Waals surface area (Å²) in [6.07, 6.45) is 2.93. The fourth-order valence-corrected chi connectivity index (χ4v) is 2.44. The van der Waals surface area contributed by atoms with Crippen LogP contribution in [0.4, 0.5) is 4.79 Å². The molecule has 1 aromatic rings. The number of carboxylic acid groups (broad SMARTS) is 1. The van der Waals surface area contributed by atoms with Crippen LogP contribution in [0.1, 0.15) is 18.6 Å². The number of nitrogens with one attached hydrogen (secondary N) is 3. The molecule has 0 spiro atoms. The van der Waals surface area contributed by atoms with E-state index in [1.165, 1.54) is 6.26 Å². The summed E-state index contributed by atoms with van der Waals surface area (Å²) >= 11 is 0. The van der Waals surface area contributed by atoms with E-state index in [0.717, 1.165) is 6.42 Å². The molecule has 3 amide bonds. The van der Waals surface area contributed by atoms with Crippen LogP contribution < -0.4 is 16.0 Å². The zero-order valence-electron chi connectivity index (χ0n) is 13.1. The Morgan fingerprint density at radius 1 is 1.33 bits per heavy atom. The molecule has 1 fully saturated rings. The Balaban J connectivity index is 1.72. The first kappa shape index (κ1) is 17.8. The summed E-state index contributed by atoms with van der Waals surface area (Å²) in [5.74, 6) is -1.37. The molecular weight excluding hydrogens is 318 g/mol. The van der Waals surface area contributed by atoms with E-state index in [1.54, 1.807) is 12.1 Å². The first-order valence-corrected chi connectivity index (χ1v) is 7.70. The van der Waals surface area contributed by atoms with Crippen molar-refractivity contribution >= 4 is 17.9 Å². The number of ether oxygens (including phenoxy) is 1. The summed E-state index contributed by atoms with van der Waals surface area (Å²) in [5.41, 5.74) is 0. The predicted octanol–water partition coefficient (Wildman–Crippen LogP) is 0.0748. The van der Waals surface area contributed by atoms with Crippen molar-refractivity contribution in [2.24, 2.45) is 5.92 Å². The number of hydrogen-bond acceptors (Lipinski definition) is 5. The van der Waals surface area contributed by atoms with E-state index in [-0.39, 0.29) is 19.0 Å². The molecule has 2 rings (SSSR count). The van der Waals surface area contributed by atoms with Crippen LogP contribution in [-0.4, -0.2) is 48.8 Å². The normalized spacial score (nSPS) is 18.4. The Morgan fingerprint density at radius 3 is 2.79 bits per heavy atom. The number of hydrogen-bond donors (Lipinski definition) is 4. The third-order valence-electron chi connectivity index (χ3n) is 3.66. The van der Waals surface area contributed by atoms with Gasteiger partial charge in [-0.2, -0.15) is 0 Å². The van der Waals surface area contributed by atoms with Crippen LogP contribution in [-0.2, 0) is 20.9 Å². The monoisotopic (exact) mass is 339 g/mol. The van der Waals surface area contributed by atoms with Crippen molar-refractivity contribution in [3.8, 4) is 0 Å². The van der Waals surface area contributed by atoms with Crippen LogP contribution in [0.25, 0.3) is 0 Å². The van der Waals surface area contributed by atoms with Crippen molar-refractivity contribution in [2.45, 2.75) is 25.4 Å². The van der Waals surface area contributed by atoms with E-state index >= 15 is 0 Å². The van der Waals surface area contributed by atoms with Crippen molar-refractivity contribution in [2.75, 3.05) is 19.8 Å². The average molecular weight is 339 g/mol. The minimum atomic E-state index is -1.11. The lowest BCUT2D eigenvalue weighted by atomic mass is 9.93. The molecule has 0 bridgehead atoms. The molecule has 2 atom stereocenters. The van der Waals surface area contributed by atoms with Gasteiger partial charge in [-0.15, -0.1) is 0 Å². The third kappa shape index (κ3) is 5.58. The number of aliphatic carboxylic acids is 1. The quantitative estimate of drug-likeness (QED) is 0.556. The molecule has 0 aliphatic carbocycles. The maximum absolute atomic E-state index is 11.9. The van der Waals surface area contributed by atoms with Gasteiger partial charge in [0, 0.05) is 12.5 Å². The molecule has 4 N–H and O–H groups in total. The highest BCUT2D eigenvalue weighted by atomic mass is 16.5. The molecule has 1 aromatic heterocycles. The molecule has 1 saturated heterocycles. The second kappa shape index (κ2) is 8.92. The van der Waals surface area contributed by atoms with Gasteiger partial charge in [0.15, 0.2) is 0 Å². The lowest BCUT2D eigenvalue weighted by Crippen LogP contribution is -2.51. The molecular formula is C15H21N3O6. The van der Waals surface area contributed by atoms with Crippen LogP contribution in [0.5, 0.6) is 0 Å². The fraction of sp³-hybridized carbons (Fsp3) is 0.533. The second-order valence-electron chi connectivity index (χ2n) is 5.48. The number of furan rings is 1. The highest BCUT2D eigenvalue weighted by Gasteiger charge is 2.31. The summed E-state index contributed by atoms with van der Waals surface area (Å²) < 4.78 is 10.3. The number of amides is 3. The molecule has 24 heavy (non-hydrogen) atoms. The Bertz CT molecular complexity index is 554. The Hall–Kier alpha value is -2.55. The van der Waals surface area contributed by atoms with Gasteiger partial charge in [-0.05, 0) is 25.0 Å². The topological polar surface area (TPSA) is 130 Å². The second-order valence-corrected chi connectivity index (χ2v) is 5.48. The van der Waals surface area contributed by atoms with Gasteiger partial charge in [-0.1, -0.05) is 0 Å². The number of rotatable bonds is 7. The minimum absolute atomic E-state index is 0.192. The lowest BCUT2D eigenvalue weighted by Gasteiger charge is -2.28. The van der Waals surface area contributed by atoms with Crippen molar-refractivity contribution < 1.29 is 28.6 Å². The summed E-state index contributed by atoms with van der Waals surface area (Å²) in [5, 5.41) is 16.6. The Kier molecular flexibility index (Phi) is 6.62. The molecule has 1 aliphatic heterocycles. The highest BCUT2D eigenvalue weighted by Crippen LogP contribution is 2.17. The summed E-state index contributed by atoms with van der Waals surface area (Å²) in [6.45, 7) is 0.779. The van der Waals surface area contributed by atoms with Crippen molar-refractivity contribution in [1.82, 2.24) is 16.0 Å². The number of carbonyl (C=O) groups excluding carboxylic acids is 2. The predicted molar refractivity (Wildman–Crippen MR) is 82.1 cm³/mol. The largest absolute Gasteiger partial charge is 0.480 e. The van der Waals surface area contributed by atoms with Gasteiger partial charge >= 0.3 is 12.0 Å². The SMILES string of the molecule is O=C(CNC(=O)NCc1ccco1)NC(C(=O)O)C1CCCOC1. The van der Waals surface area contributed by atoms with Gasteiger partial charge < -0.3 is 30.2 Å². The zero-order chi connectivity index (χ0) is 17.4. The van der Waals surface area contributed by atoms with E-state index < -0.39 is 23.9 Å². The molecule has 0 radical (unpaired) electrons. The van der Waals surface area contributed by atoms with E-state index in [9.17, 15) is 19.5 Å². The van der Waals surface area contributed by atoms with Crippen LogP contribution >= 0.6 is 0 Å². The molecule has 1 aliphatic rings. The standard InChI is InChI=1S/C15H21N3O6/c19-12(8-17-15(22)16-7-11-4-2-6-24-11)18-13(14(20)21)10-3-1-5-23-9-10/h2,4,6,10,13H,1,3,5,7-9H2,(H,18,19)(H,20,21)(H2,16,17,22). The minimum Gasteiger partial charge on any atom is -0.480 e. The summed E-state index contributed by atoms with van der Waals surface area (Å²) in [4.78, 5) is 34.8. The summed E-state index contributed by atoms with van der Waals surface area (Å²) in [6, 6.07) is 1.83. The third-order valence-corrected chi connectivity index (χ3v) is 3.66. The molecule has 0 aromatic carbocycles. The van der Waals surface area contributed by atoms with Crippen molar-refractivity contribution in [3.63, 3.8) is 0 Å². The first-order chi connectivity index (χ1) is 11.6. The van der Waals surface area contributed by atoms with E-state index in [2.05, 4.69) is 16.0 Å². The van der Waals surface area contributed by atoms with Gasteiger partial charge in [0.25, 0.3) is 0 Å². The highest BCUT2D eigenvalue weighted by molar-refractivity contribution is 5.87. The maximum atomic E-state index is 11.9. The van der Waals surface area contributed by atoms with Crippen molar-refractivity contribution in [1.29, 1.82) is 0 Å². The number of carbonyl (C=O) groups is 3. The van der Waals surface area contributed by atoms with Crippen LogP contribution in [0.2, 0.25) is 0 Å². The molecule has 132 valence electrons. The molecule has 2 unspecified atom stereocenters. The van der Waals surface area contributed by atoms with Gasteiger partial charge in [0.1, 0.15) is 11.8 Å². The molecule has 0 saturated carbocycles.